The first kappa shape index (κ1) is 11.3. The first-order valence-corrected chi connectivity index (χ1v) is 5.74. The Balaban J connectivity index is 2.08. The molecule has 2 aromatic heterocycles. The SMILES string of the molecule is Clc1ncnc(NCc2ccccn2)c1Br. The lowest BCUT2D eigenvalue weighted by Crippen LogP contribution is -2.04. The predicted octanol–water partition coefficient (Wildman–Crippen LogP) is 2.90. The molecule has 82 valence electrons. The Kier molecular flexibility index (Phi) is 3.69. The zero-order chi connectivity index (χ0) is 11.4. The molecule has 0 amide bonds. The molecule has 6 heteroatoms. The van der Waals surface area contributed by atoms with Crippen molar-refractivity contribution < 1.29 is 0 Å². The molecular weight excluding hydrogens is 291 g/mol. The number of pyridine rings is 1. The van der Waals surface area contributed by atoms with Gasteiger partial charge in [0.25, 0.3) is 0 Å². The van der Waals surface area contributed by atoms with Crippen LogP contribution in [0.25, 0.3) is 0 Å². The minimum Gasteiger partial charge on any atom is -0.363 e. The van der Waals surface area contributed by atoms with Gasteiger partial charge in [0.1, 0.15) is 17.3 Å². The van der Waals surface area contributed by atoms with Crippen LogP contribution in [0.5, 0.6) is 0 Å². The molecule has 2 rings (SSSR count). The van der Waals surface area contributed by atoms with Crippen LogP contribution in [0.3, 0.4) is 0 Å². The number of hydrogen-bond donors (Lipinski definition) is 1. The van der Waals surface area contributed by atoms with Crippen LogP contribution < -0.4 is 5.32 Å². The molecular formula is C10H8BrClN4. The summed E-state index contributed by atoms with van der Waals surface area (Å²) in [6, 6.07) is 5.75. The third-order valence-electron chi connectivity index (χ3n) is 1.91. The van der Waals surface area contributed by atoms with Gasteiger partial charge in [-0.25, -0.2) is 9.97 Å². The molecule has 16 heavy (non-hydrogen) atoms. The minimum absolute atomic E-state index is 0.388. The maximum Gasteiger partial charge on any atom is 0.148 e. The molecule has 0 aliphatic carbocycles. The lowest BCUT2D eigenvalue weighted by atomic mass is 10.3. The average molecular weight is 300 g/mol. The second kappa shape index (κ2) is 5.23. The van der Waals surface area contributed by atoms with E-state index in [9.17, 15) is 0 Å². The van der Waals surface area contributed by atoms with Crippen molar-refractivity contribution in [1.82, 2.24) is 15.0 Å². The fraction of sp³-hybridized carbons (Fsp3) is 0.100. The van der Waals surface area contributed by atoms with Crippen molar-refractivity contribution in [2.24, 2.45) is 0 Å². The number of nitrogens with zero attached hydrogens (tertiary/aromatic N) is 3. The third-order valence-corrected chi connectivity index (χ3v) is 3.18. The molecule has 0 bridgehead atoms. The molecule has 0 aliphatic heterocycles. The van der Waals surface area contributed by atoms with Crippen molar-refractivity contribution in [2.75, 3.05) is 5.32 Å². The van der Waals surface area contributed by atoms with Gasteiger partial charge in [0.15, 0.2) is 0 Å². The average Bonchev–Trinajstić information content (AvgIpc) is 2.32. The van der Waals surface area contributed by atoms with Crippen molar-refractivity contribution in [2.45, 2.75) is 6.54 Å². The van der Waals surface area contributed by atoms with Crippen LogP contribution >= 0.6 is 27.5 Å². The second-order valence-electron chi connectivity index (χ2n) is 3.00. The molecule has 0 aliphatic rings. The van der Waals surface area contributed by atoms with Crippen LogP contribution in [0.15, 0.2) is 35.2 Å². The molecule has 2 heterocycles. The summed E-state index contributed by atoms with van der Waals surface area (Å²) in [4.78, 5) is 12.1. The quantitative estimate of drug-likeness (QED) is 0.885. The highest BCUT2D eigenvalue weighted by Gasteiger charge is 2.05. The molecule has 0 saturated heterocycles. The van der Waals surface area contributed by atoms with Crippen molar-refractivity contribution in [3.05, 3.63) is 46.0 Å². The van der Waals surface area contributed by atoms with Gasteiger partial charge in [0.05, 0.1) is 16.7 Å². The van der Waals surface area contributed by atoms with Crippen molar-refractivity contribution >= 4 is 33.3 Å². The highest BCUT2D eigenvalue weighted by Crippen LogP contribution is 2.26. The highest BCUT2D eigenvalue weighted by molar-refractivity contribution is 9.10. The van der Waals surface area contributed by atoms with Gasteiger partial charge in [-0.15, -0.1) is 0 Å². The van der Waals surface area contributed by atoms with Gasteiger partial charge in [0, 0.05) is 6.20 Å². The van der Waals surface area contributed by atoms with Crippen LogP contribution in [0, 0.1) is 0 Å². The van der Waals surface area contributed by atoms with Crippen LogP contribution in [0.2, 0.25) is 5.15 Å². The maximum absolute atomic E-state index is 5.84. The largest absolute Gasteiger partial charge is 0.363 e. The molecule has 0 radical (unpaired) electrons. The number of rotatable bonds is 3. The van der Waals surface area contributed by atoms with Gasteiger partial charge in [-0.05, 0) is 28.1 Å². The Hall–Kier alpha value is -1.20. The molecule has 1 N–H and O–H groups in total. The van der Waals surface area contributed by atoms with Crippen molar-refractivity contribution in [1.29, 1.82) is 0 Å². The van der Waals surface area contributed by atoms with Crippen LogP contribution in [-0.4, -0.2) is 15.0 Å². The van der Waals surface area contributed by atoms with E-state index in [1.807, 2.05) is 18.2 Å². The fourth-order valence-corrected chi connectivity index (χ4v) is 1.63. The zero-order valence-corrected chi connectivity index (χ0v) is 10.5. The Morgan fingerprint density at radius 2 is 2.12 bits per heavy atom. The number of anilines is 1. The Morgan fingerprint density at radius 3 is 2.88 bits per heavy atom. The van der Waals surface area contributed by atoms with Gasteiger partial charge >= 0.3 is 0 Å². The molecule has 0 spiro atoms. The summed E-state index contributed by atoms with van der Waals surface area (Å²) in [5.41, 5.74) is 0.934. The van der Waals surface area contributed by atoms with E-state index < -0.39 is 0 Å². The van der Waals surface area contributed by atoms with Crippen LogP contribution in [-0.2, 0) is 6.54 Å². The number of nitrogens with one attached hydrogen (secondary N) is 1. The smallest absolute Gasteiger partial charge is 0.148 e. The maximum atomic E-state index is 5.84. The Morgan fingerprint density at radius 1 is 1.25 bits per heavy atom. The van der Waals surface area contributed by atoms with Crippen molar-refractivity contribution in [3.8, 4) is 0 Å². The van der Waals surface area contributed by atoms with E-state index in [1.54, 1.807) is 6.20 Å². The van der Waals surface area contributed by atoms with Gasteiger partial charge in [0.2, 0.25) is 0 Å². The summed E-state index contributed by atoms with van der Waals surface area (Å²) in [5, 5.41) is 3.51. The molecule has 0 fully saturated rings. The summed E-state index contributed by atoms with van der Waals surface area (Å²) in [5.74, 6) is 0.658. The van der Waals surface area contributed by atoms with E-state index in [-0.39, 0.29) is 0 Å². The monoisotopic (exact) mass is 298 g/mol. The molecule has 4 nitrogen and oxygen atoms in total. The van der Waals surface area contributed by atoms with E-state index in [2.05, 4.69) is 36.2 Å². The van der Waals surface area contributed by atoms with E-state index in [4.69, 9.17) is 11.6 Å². The van der Waals surface area contributed by atoms with E-state index in [0.717, 1.165) is 5.69 Å². The second-order valence-corrected chi connectivity index (χ2v) is 4.15. The van der Waals surface area contributed by atoms with Gasteiger partial charge in [-0.1, -0.05) is 17.7 Å². The van der Waals surface area contributed by atoms with Crippen LogP contribution in [0.4, 0.5) is 5.82 Å². The lowest BCUT2D eigenvalue weighted by Gasteiger charge is -2.06. The van der Waals surface area contributed by atoms with Gasteiger partial charge in [-0.3, -0.25) is 4.98 Å². The van der Waals surface area contributed by atoms with E-state index >= 15 is 0 Å². The third kappa shape index (κ3) is 2.68. The minimum atomic E-state index is 0.388. The standard InChI is InChI=1S/C10H8BrClN4/c11-8-9(12)15-6-16-10(8)14-5-7-3-1-2-4-13-7/h1-4,6H,5H2,(H,14,15,16). The topological polar surface area (TPSA) is 50.7 Å². The first-order chi connectivity index (χ1) is 7.77. The summed E-state index contributed by atoms with van der Waals surface area (Å²) >= 11 is 9.16. The summed E-state index contributed by atoms with van der Waals surface area (Å²) < 4.78 is 0.660. The van der Waals surface area contributed by atoms with E-state index in [1.165, 1.54) is 6.33 Å². The number of aromatic nitrogens is 3. The molecule has 0 unspecified atom stereocenters. The van der Waals surface area contributed by atoms with Gasteiger partial charge in [-0.2, -0.15) is 0 Å². The normalized spacial score (nSPS) is 10.1. The Bertz CT molecular complexity index is 478. The highest BCUT2D eigenvalue weighted by atomic mass is 79.9. The lowest BCUT2D eigenvalue weighted by molar-refractivity contribution is 1.02. The predicted molar refractivity (Wildman–Crippen MR) is 66.3 cm³/mol. The molecule has 0 aromatic carbocycles. The van der Waals surface area contributed by atoms with Gasteiger partial charge < -0.3 is 5.32 Å². The molecule has 0 atom stereocenters. The van der Waals surface area contributed by atoms with Crippen molar-refractivity contribution in [3.63, 3.8) is 0 Å². The summed E-state index contributed by atoms with van der Waals surface area (Å²) in [6.45, 7) is 0.590. The number of halogens is 2. The number of hydrogen-bond acceptors (Lipinski definition) is 4. The van der Waals surface area contributed by atoms with Crippen LogP contribution in [0.1, 0.15) is 5.69 Å². The first-order valence-electron chi connectivity index (χ1n) is 4.57. The fourth-order valence-electron chi connectivity index (χ4n) is 1.15. The zero-order valence-electron chi connectivity index (χ0n) is 8.19. The molecule has 0 saturated carbocycles. The summed E-state index contributed by atoms with van der Waals surface area (Å²) in [6.07, 6.45) is 3.16. The summed E-state index contributed by atoms with van der Waals surface area (Å²) in [7, 11) is 0. The van der Waals surface area contributed by atoms with E-state index in [0.29, 0.717) is 22.0 Å². The Labute approximate surface area is 106 Å². The molecule has 2 aromatic rings.